The smallest absolute Gasteiger partial charge is 0.123 e. The summed E-state index contributed by atoms with van der Waals surface area (Å²) in [6.45, 7) is 12.0. The molecule has 0 saturated heterocycles. The van der Waals surface area contributed by atoms with Gasteiger partial charge in [0.2, 0.25) is 0 Å². The van der Waals surface area contributed by atoms with Crippen LogP contribution in [0.4, 0.5) is 0 Å². The van der Waals surface area contributed by atoms with Gasteiger partial charge in [0.15, 0.2) is 0 Å². The molecule has 0 amide bonds. The molecule has 0 aromatic heterocycles. The fraction of sp³-hybridized carbons (Fsp3) is 0.778. The molecule has 0 aromatic carbocycles. The lowest BCUT2D eigenvalue weighted by molar-refractivity contribution is 0.179. The maximum atomic E-state index is 4.00. The second-order valence-electron chi connectivity index (χ2n) is 8.94. The molecule has 1 fully saturated rings. The number of nitrogens with zero attached hydrogens (tertiary/aromatic N) is 1. The van der Waals surface area contributed by atoms with E-state index in [2.05, 4.69) is 82.1 Å². The summed E-state index contributed by atoms with van der Waals surface area (Å²) in [5.41, 5.74) is 1.44. The Morgan fingerprint density at radius 3 is 2.33 bits per heavy atom. The van der Waals surface area contributed by atoms with Gasteiger partial charge in [-0.3, -0.25) is 0 Å². The van der Waals surface area contributed by atoms with Gasteiger partial charge in [-0.1, -0.05) is 37.4 Å². The number of nitrogens with one attached hydrogen (secondary N) is 1. The van der Waals surface area contributed by atoms with Crippen molar-refractivity contribution < 1.29 is 0 Å². The molecule has 2 aliphatic rings. The summed E-state index contributed by atoms with van der Waals surface area (Å²) in [6, 6.07) is 0.678. The van der Waals surface area contributed by atoms with Crippen LogP contribution in [0.1, 0.15) is 40.0 Å². The van der Waals surface area contributed by atoms with E-state index in [0.29, 0.717) is 11.5 Å². The normalized spacial score (nSPS) is 33.3. The molecule has 3 heteroatoms. The van der Waals surface area contributed by atoms with Gasteiger partial charge >= 0.3 is 0 Å². The zero-order valence-electron chi connectivity index (χ0n) is 15.0. The lowest BCUT2D eigenvalue weighted by atomic mass is 9.76. The Labute approximate surface area is 132 Å². The molecule has 1 spiro atoms. The van der Waals surface area contributed by atoms with E-state index in [4.69, 9.17) is 0 Å². The van der Waals surface area contributed by atoms with E-state index in [1.165, 1.54) is 19.3 Å². The van der Waals surface area contributed by atoms with Gasteiger partial charge in [-0.2, -0.15) is 0 Å². The third-order valence-electron chi connectivity index (χ3n) is 5.31. The van der Waals surface area contributed by atoms with Crippen molar-refractivity contribution in [2.24, 2.45) is 5.41 Å². The molecule has 1 saturated carbocycles. The van der Waals surface area contributed by atoms with Gasteiger partial charge in [0, 0.05) is 17.0 Å². The zero-order valence-corrected chi connectivity index (χ0v) is 16.0. The van der Waals surface area contributed by atoms with Gasteiger partial charge in [0.25, 0.3) is 0 Å². The molecule has 0 bridgehead atoms. The molecule has 2 rings (SSSR count). The molecule has 3 unspecified atom stereocenters. The Hall–Kier alpha value is -0.383. The highest BCUT2D eigenvalue weighted by Gasteiger charge is 2.51. The minimum Gasteiger partial charge on any atom is -0.332 e. The topological polar surface area (TPSA) is 15.3 Å². The van der Waals surface area contributed by atoms with E-state index in [1.54, 1.807) is 0 Å². The first kappa shape index (κ1) is 17.0. The molecule has 0 aliphatic heterocycles. The summed E-state index contributed by atoms with van der Waals surface area (Å²) in [6.07, 6.45) is 13.2. The van der Waals surface area contributed by atoms with E-state index < -0.39 is 8.24 Å². The van der Waals surface area contributed by atoms with Gasteiger partial charge in [-0.15, -0.1) is 0 Å². The predicted molar refractivity (Wildman–Crippen MR) is 96.2 cm³/mol. The lowest BCUT2D eigenvalue weighted by Crippen LogP contribution is -2.56. The fourth-order valence-corrected chi connectivity index (χ4v) is 8.45. The molecule has 0 heterocycles. The van der Waals surface area contributed by atoms with Gasteiger partial charge in [0.05, 0.1) is 0 Å². The van der Waals surface area contributed by atoms with Crippen LogP contribution in [0.5, 0.6) is 0 Å². The Morgan fingerprint density at radius 2 is 1.86 bits per heavy atom. The summed E-state index contributed by atoms with van der Waals surface area (Å²) in [7, 11) is 3.08. The second-order valence-corrected chi connectivity index (χ2v) is 13.4. The van der Waals surface area contributed by atoms with Crippen LogP contribution in [0.3, 0.4) is 0 Å². The number of hydrogen-bond donors (Lipinski definition) is 1. The maximum Gasteiger partial charge on any atom is 0.123 e. The van der Waals surface area contributed by atoms with Crippen molar-refractivity contribution in [3.05, 3.63) is 24.3 Å². The van der Waals surface area contributed by atoms with Crippen molar-refractivity contribution in [2.75, 3.05) is 14.1 Å². The van der Waals surface area contributed by atoms with Crippen LogP contribution in [0, 0.1) is 5.41 Å². The van der Waals surface area contributed by atoms with E-state index in [0.717, 1.165) is 5.54 Å². The predicted octanol–water partition coefficient (Wildman–Crippen LogP) is 4.18. The first-order valence-corrected chi connectivity index (χ1v) is 11.4. The summed E-state index contributed by atoms with van der Waals surface area (Å²) in [5, 5.41) is 0. The largest absolute Gasteiger partial charge is 0.332 e. The molecule has 21 heavy (non-hydrogen) atoms. The van der Waals surface area contributed by atoms with Crippen LogP contribution in [-0.4, -0.2) is 38.8 Å². The Morgan fingerprint density at radius 1 is 1.19 bits per heavy atom. The first-order valence-electron chi connectivity index (χ1n) is 8.36. The standard InChI is InChI=1S/C18H34N2Si/c1-17(2,3)19-21(6,7)15-13-16(20(4)5)18(14-15)11-9-8-10-12-18/h8-11,15-16,19H,12-14H2,1-7H3. The minimum absolute atomic E-state index is 0.224. The number of rotatable bonds is 3. The van der Waals surface area contributed by atoms with E-state index in [-0.39, 0.29) is 5.54 Å². The fourth-order valence-electron chi connectivity index (χ4n) is 4.61. The summed E-state index contributed by atoms with van der Waals surface area (Å²) in [5.74, 6) is 0. The van der Waals surface area contributed by atoms with Crippen LogP contribution < -0.4 is 4.98 Å². The molecule has 3 atom stereocenters. The number of hydrogen-bond acceptors (Lipinski definition) is 2. The Bertz CT molecular complexity index is 431. The first-order chi connectivity index (χ1) is 9.56. The Balaban J connectivity index is 2.21. The highest BCUT2D eigenvalue weighted by molar-refractivity contribution is 6.76. The van der Waals surface area contributed by atoms with Crippen LogP contribution in [-0.2, 0) is 0 Å². The summed E-state index contributed by atoms with van der Waals surface area (Å²) < 4.78 is 0. The van der Waals surface area contributed by atoms with Gasteiger partial charge in [-0.25, -0.2) is 0 Å². The molecule has 2 aliphatic carbocycles. The van der Waals surface area contributed by atoms with Crippen LogP contribution in [0.15, 0.2) is 24.3 Å². The summed E-state index contributed by atoms with van der Waals surface area (Å²) in [4.78, 5) is 6.46. The maximum absolute atomic E-state index is 4.00. The summed E-state index contributed by atoms with van der Waals surface area (Å²) >= 11 is 0. The third kappa shape index (κ3) is 3.69. The van der Waals surface area contributed by atoms with Crippen LogP contribution in [0.25, 0.3) is 0 Å². The number of allylic oxidation sites excluding steroid dienone is 3. The SMILES string of the molecule is CN(C)C1CC([Si](C)(C)NC(C)(C)C)CC12C=CC=CC2. The molecular formula is C18H34N2Si. The van der Waals surface area contributed by atoms with E-state index in [1.807, 2.05) is 0 Å². The molecule has 0 aromatic rings. The minimum atomic E-state index is -1.44. The second kappa shape index (κ2) is 5.67. The highest BCUT2D eigenvalue weighted by Crippen LogP contribution is 2.54. The van der Waals surface area contributed by atoms with Gasteiger partial charge in [-0.05, 0) is 59.7 Å². The van der Waals surface area contributed by atoms with Crippen molar-refractivity contribution in [1.82, 2.24) is 9.88 Å². The van der Waals surface area contributed by atoms with E-state index in [9.17, 15) is 0 Å². The molecule has 2 nitrogen and oxygen atoms in total. The third-order valence-corrected chi connectivity index (χ3v) is 9.19. The van der Waals surface area contributed by atoms with Crippen molar-refractivity contribution in [1.29, 1.82) is 0 Å². The van der Waals surface area contributed by atoms with E-state index >= 15 is 0 Å². The van der Waals surface area contributed by atoms with Crippen molar-refractivity contribution >= 4 is 8.24 Å². The lowest BCUT2D eigenvalue weighted by Gasteiger charge is -2.38. The quantitative estimate of drug-likeness (QED) is 0.787. The van der Waals surface area contributed by atoms with Gasteiger partial charge in [0.1, 0.15) is 8.24 Å². The molecular weight excluding hydrogens is 272 g/mol. The van der Waals surface area contributed by atoms with Crippen molar-refractivity contribution in [3.8, 4) is 0 Å². The molecule has 0 radical (unpaired) electrons. The van der Waals surface area contributed by atoms with Crippen LogP contribution in [0.2, 0.25) is 18.6 Å². The van der Waals surface area contributed by atoms with Crippen molar-refractivity contribution in [3.63, 3.8) is 0 Å². The average Bonchev–Trinajstić information content (AvgIpc) is 2.67. The van der Waals surface area contributed by atoms with Crippen LogP contribution >= 0.6 is 0 Å². The average molecular weight is 307 g/mol. The van der Waals surface area contributed by atoms with Crippen molar-refractivity contribution in [2.45, 2.75) is 70.2 Å². The molecule has 1 N–H and O–H groups in total. The monoisotopic (exact) mass is 306 g/mol. The zero-order chi connectivity index (χ0) is 15.9. The highest BCUT2D eigenvalue weighted by atomic mass is 28.3. The molecule has 120 valence electrons. The Kier molecular flexibility index (Phi) is 4.59. The van der Waals surface area contributed by atoms with Gasteiger partial charge < -0.3 is 9.88 Å².